The molecule has 0 aliphatic carbocycles. The van der Waals surface area contributed by atoms with Crippen molar-refractivity contribution in [2.24, 2.45) is 0 Å². The van der Waals surface area contributed by atoms with Gasteiger partial charge in [-0.05, 0) is 62.8 Å². The molecular weight excluding hydrogens is 480 g/mol. The number of carbonyl (C=O) groups is 4. The summed E-state index contributed by atoms with van der Waals surface area (Å²) in [7, 11) is 0. The summed E-state index contributed by atoms with van der Waals surface area (Å²) in [6, 6.07) is 15.4. The number of rotatable bonds is 15. The Hall–Kier alpha value is -3.68. The zero-order valence-electron chi connectivity index (χ0n) is 23.1. The van der Waals surface area contributed by atoms with E-state index in [9.17, 15) is 19.2 Å². The predicted molar refractivity (Wildman–Crippen MR) is 152 cm³/mol. The summed E-state index contributed by atoms with van der Waals surface area (Å²) in [6.07, 6.45) is 3.49. The molecule has 8 nitrogen and oxygen atoms in total. The van der Waals surface area contributed by atoms with E-state index in [4.69, 9.17) is 0 Å². The Morgan fingerprint density at radius 2 is 0.921 bits per heavy atom. The minimum atomic E-state index is -0.207. The Labute approximate surface area is 226 Å². The largest absolute Gasteiger partial charge is 0.354 e. The summed E-state index contributed by atoms with van der Waals surface area (Å²) < 4.78 is 0. The van der Waals surface area contributed by atoms with Crippen LogP contribution in [0.3, 0.4) is 0 Å². The van der Waals surface area contributed by atoms with Crippen molar-refractivity contribution in [3.05, 3.63) is 59.7 Å². The number of benzene rings is 2. The van der Waals surface area contributed by atoms with E-state index in [1.807, 2.05) is 76.2 Å². The highest BCUT2D eigenvalue weighted by Crippen LogP contribution is 2.22. The van der Waals surface area contributed by atoms with E-state index < -0.39 is 0 Å². The van der Waals surface area contributed by atoms with Crippen molar-refractivity contribution in [2.45, 2.75) is 91.1 Å². The second-order valence-electron chi connectivity index (χ2n) is 9.66. The fourth-order valence-corrected chi connectivity index (χ4v) is 3.77. The summed E-state index contributed by atoms with van der Waals surface area (Å²) in [5.74, 6) is -0.668. The van der Waals surface area contributed by atoms with Gasteiger partial charge in [0.1, 0.15) is 0 Å². The van der Waals surface area contributed by atoms with Gasteiger partial charge in [0.15, 0.2) is 0 Å². The minimum absolute atomic E-state index is 0.0908. The summed E-state index contributed by atoms with van der Waals surface area (Å²) in [6.45, 7) is 7.87. The molecule has 2 unspecified atom stereocenters. The van der Waals surface area contributed by atoms with Crippen LogP contribution in [0.1, 0.15) is 77.3 Å². The van der Waals surface area contributed by atoms with Crippen LogP contribution in [0.2, 0.25) is 0 Å². The van der Waals surface area contributed by atoms with Crippen molar-refractivity contribution >= 4 is 35.0 Å². The van der Waals surface area contributed by atoms with Crippen molar-refractivity contribution in [3.8, 4) is 0 Å². The first-order chi connectivity index (χ1) is 18.2. The average Bonchev–Trinajstić information content (AvgIpc) is 2.90. The van der Waals surface area contributed by atoms with Crippen molar-refractivity contribution < 1.29 is 19.2 Å². The maximum absolute atomic E-state index is 12.5. The van der Waals surface area contributed by atoms with Crippen molar-refractivity contribution in [1.82, 2.24) is 10.6 Å². The third kappa shape index (κ3) is 11.2. The number of nitrogens with one attached hydrogen (secondary N) is 4. The van der Waals surface area contributed by atoms with Crippen LogP contribution in [0.5, 0.6) is 0 Å². The normalized spacial score (nSPS) is 12.2. The van der Waals surface area contributed by atoms with Gasteiger partial charge < -0.3 is 21.3 Å². The summed E-state index contributed by atoms with van der Waals surface area (Å²) in [5, 5.41) is 11.6. The molecule has 0 heterocycles. The topological polar surface area (TPSA) is 116 Å². The second-order valence-corrected chi connectivity index (χ2v) is 9.66. The SMILES string of the molecule is CCC(C)NC(=O)CCC(=O)Nc1ccccc1CCc1ccccc1NC(=O)CCC(=O)NC(C)CC. The summed E-state index contributed by atoms with van der Waals surface area (Å²) in [4.78, 5) is 49.0. The Kier molecular flexibility index (Phi) is 13.0. The molecule has 206 valence electrons. The molecule has 38 heavy (non-hydrogen) atoms. The molecule has 2 atom stereocenters. The molecule has 8 heteroatoms. The van der Waals surface area contributed by atoms with E-state index in [1.165, 1.54) is 0 Å². The summed E-state index contributed by atoms with van der Waals surface area (Å²) in [5.41, 5.74) is 3.36. The molecule has 2 aromatic rings. The highest BCUT2D eigenvalue weighted by Gasteiger charge is 2.13. The zero-order chi connectivity index (χ0) is 27.9. The number of hydrogen-bond acceptors (Lipinski definition) is 4. The van der Waals surface area contributed by atoms with E-state index in [1.54, 1.807) is 0 Å². The Bertz CT molecular complexity index is 1000. The standard InChI is InChI=1S/C30H42N4O4/c1-5-21(3)31-27(35)17-19-29(37)33-25-13-9-7-11-23(25)15-16-24-12-8-10-14-26(24)34-30(38)20-18-28(36)32-22(4)6-2/h7-14,21-22H,5-6,15-20H2,1-4H3,(H,31,35)(H,32,36)(H,33,37)(H,34,38). The highest BCUT2D eigenvalue weighted by atomic mass is 16.2. The third-order valence-corrected chi connectivity index (χ3v) is 6.44. The number of aryl methyl sites for hydroxylation is 2. The number of carbonyl (C=O) groups excluding carboxylic acids is 4. The molecule has 4 N–H and O–H groups in total. The van der Waals surface area contributed by atoms with Gasteiger partial charge in [-0.3, -0.25) is 19.2 Å². The fourth-order valence-electron chi connectivity index (χ4n) is 3.77. The monoisotopic (exact) mass is 522 g/mol. The van der Waals surface area contributed by atoms with Gasteiger partial charge in [0.25, 0.3) is 0 Å². The first-order valence-corrected chi connectivity index (χ1v) is 13.6. The van der Waals surface area contributed by atoms with Gasteiger partial charge in [-0.15, -0.1) is 0 Å². The average molecular weight is 523 g/mol. The maximum atomic E-state index is 12.5. The zero-order valence-corrected chi connectivity index (χ0v) is 23.1. The van der Waals surface area contributed by atoms with Gasteiger partial charge in [0.2, 0.25) is 23.6 Å². The fraction of sp³-hybridized carbons (Fsp3) is 0.467. The molecule has 0 saturated carbocycles. The van der Waals surface area contributed by atoms with E-state index in [0.717, 1.165) is 24.0 Å². The maximum Gasteiger partial charge on any atom is 0.224 e. The van der Waals surface area contributed by atoms with Gasteiger partial charge in [-0.2, -0.15) is 0 Å². The van der Waals surface area contributed by atoms with Crippen molar-refractivity contribution in [1.29, 1.82) is 0 Å². The number of para-hydroxylation sites is 2. The molecule has 2 rings (SSSR count). The first kappa shape index (κ1) is 30.5. The second kappa shape index (κ2) is 16.2. The van der Waals surface area contributed by atoms with Crippen LogP contribution in [0.25, 0.3) is 0 Å². The lowest BCUT2D eigenvalue weighted by Gasteiger charge is -2.14. The number of anilines is 2. The van der Waals surface area contributed by atoms with Gasteiger partial charge in [0.05, 0.1) is 0 Å². The van der Waals surface area contributed by atoms with Gasteiger partial charge in [-0.1, -0.05) is 50.2 Å². The number of hydrogen-bond donors (Lipinski definition) is 4. The molecule has 0 aliphatic rings. The van der Waals surface area contributed by atoms with E-state index in [-0.39, 0.29) is 61.4 Å². The predicted octanol–water partition coefficient (Wildman–Crippen LogP) is 4.74. The smallest absolute Gasteiger partial charge is 0.224 e. The van der Waals surface area contributed by atoms with E-state index >= 15 is 0 Å². The van der Waals surface area contributed by atoms with Crippen LogP contribution in [-0.2, 0) is 32.0 Å². The number of amides is 4. The van der Waals surface area contributed by atoms with Crippen molar-refractivity contribution in [2.75, 3.05) is 10.6 Å². The lowest BCUT2D eigenvalue weighted by Crippen LogP contribution is -2.32. The third-order valence-electron chi connectivity index (χ3n) is 6.44. The van der Waals surface area contributed by atoms with Gasteiger partial charge in [0, 0.05) is 49.1 Å². The van der Waals surface area contributed by atoms with Crippen LogP contribution >= 0.6 is 0 Å². The minimum Gasteiger partial charge on any atom is -0.354 e. The van der Waals surface area contributed by atoms with Crippen LogP contribution in [0.15, 0.2) is 48.5 Å². The molecule has 4 amide bonds. The molecular formula is C30H42N4O4. The van der Waals surface area contributed by atoms with Gasteiger partial charge in [-0.25, -0.2) is 0 Å². The molecule has 0 spiro atoms. The molecule has 0 aliphatic heterocycles. The lowest BCUT2D eigenvalue weighted by atomic mass is 10.0. The van der Waals surface area contributed by atoms with Gasteiger partial charge >= 0.3 is 0 Å². The molecule has 0 fully saturated rings. The lowest BCUT2D eigenvalue weighted by molar-refractivity contribution is -0.124. The van der Waals surface area contributed by atoms with Crippen LogP contribution in [0.4, 0.5) is 11.4 Å². The van der Waals surface area contributed by atoms with E-state index in [0.29, 0.717) is 24.2 Å². The first-order valence-electron chi connectivity index (χ1n) is 13.6. The Balaban J connectivity index is 1.92. The quantitative estimate of drug-likeness (QED) is 0.270. The summed E-state index contributed by atoms with van der Waals surface area (Å²) >= 11 is 0. The Morgan fingerprint density at radius 3 is 1.29 bits per heavy atom. The highest BCUT2D eigenvalue weighted by molar-refractivity contribution is 5.94. The molecule has 0 radical (unpaired) electrons. The van der Waals surface area contributed by atoms with Crippen LogP contribution in [-0.4, -0.2) is 35.7 Å². The molecule has 0 aromatic heterocycles. The Morgan fingerprint density at radius 1 is 0.579 bits per heavy atom. The van der Waals surface area contributed by atoms with Crippen molar-refractivity contribution in [3.63, 3.8) is 0 Å². The van der Waals surface area contributed by atoms with Crippen LogP contribution in [0, 0.1) is 0 Å². The van der Waals surface area contributed by atoms with Crippen LogP contribution < -0.4 is 21.3 Å². The van der Waals surface area contributed by atoms with E-state index in [2.05, 4.69) is 21.3 Å². The molecule has 2 aromatic carbocycles. The molecule has 0 saturated heterocycles. The molecule has 0 bridgehead atoms.